The lowest BCUT2D eigenvalue weighted by Gasteiger charge is -2.00. The zero-order chi connectivity index (χ0) is 6.97. The minimum absolute atomic E-state index is 0.655. The van der Waals surface area contributed by atoms with Crippen molar-refractivity contribution in [1.29, 1.82) is 0 Å². The van der Waals surface area contributed by atoms with Crippen molar-refractivity contribution in [3.63, 3.8) is 0 Å². The minimum Gasteiger partial charge on any atom is -0.352 e. The average Bonchev–Trinajstić information content (AvgIpc) is 2.62. The number of rotatable bonds is 2. The first kappa shape index (κ1) is 5.70. The summed E-state index contributed by atoms with van der Waals surface area (Å²) in [5, 5.41) is 10.9. The smallest absolute Gasteiger partial charge is 0.224 e. The van der Waals surface area contributed by atoms with Crippen LogP contribution >= 0.6 is 0 Å². The fraction of sp³-hybridized carbons (Fsp3) is 0.667. The Morgan fingerprint density at radius 3 is 3.00 bits per heavy atom. The summed E-state index contributed by atoms with van der Waals surface area (Å²) in [6, 6.07) is 0.655. The van der Waals surface area contributed by atoms with Gasteiger partial charge in [0.2, 0.25) is 5.95 Å². The molecule has 10 heavy (non-hydrogen) atoms. The van der Waals surface area contributed by atoms with Crippen LogP contribution in [0.15, 0.2) is 6.33 Å². The van der Waals surface area contributed by atoms with Crippen molar-refractivity contribution < 1.29 is 0 Å². The molecule has 0 atom stereocenters. The summed E-state index contributed by atoms with van der Waals surface area (Å²) in [6.45, 7) is 0. The first-order valence-corrected chi connectivity index (χ1v) is 3.47. The Bertz CT molecular complexity index is 225. The van der Waals surface area contributed by atoms with Gasteiger partial charge >= 0.3 is 0 Å². The van der Waals surface area contributed by atoms with Crippen molar-refractivity contribution in [3.05, 3.63) is 6.33 Å². The molecule has 0 unspecified atom stereocenters. The molecule has 54 valence electrons. The number of aromatic nitrogens is 3. The molecule has 0 aromatic carbocycles. The second kappa shape index (κ2) is 1.97. The third-order valence-electron chi connectivity index (χ3n) is 1.62. The number of nitrogens with one attached hydrogen (secondary N) is 1. The molecule has 1 aromatic rings. The summed E-state index contributed by atoms with van der Waals surface area (Å²) in [5.41, 5.74) is 0. The molecule has 1 fully saturated rings. The van der Waals surface area contributed by atoms with E-state index < -0.39 is 0 Å². The van der Waals surface area contributed by atoms with E-state index in [-0.39, 0.29) is 0 Å². The largest absolute Gasteiger partial charge is 0.352 e. The fourth-order valence-corrected chi connectivity index (χ4v) is 0.824. The Hall–Kier alpha value is -1.06. The minimum atomic E-state index is 0.655. The van der Waals surface area contributed by atoms with Crippen LogP contribution in [0.4, 0.5) is 5.95 Å². The molecule has 0 radical (unpaired) electrons. The zero-order valence-corrected chi connectivity index (χ0v) is 5.91. The van der Waals surface area contributed by atoms with Crippen LogP contribution in [0.3, 0.4) is 0 Å². The summed E-state index contributed by atoms with van der Waals surface area (Å²) in [5.74, 6) is 0.877. The Balaban J connectivity index is 2.08. The van der Waals surface area contributed by atoms with E-state index >= 15 is 0 Å². The Kier molecular flexibility index (Phi) is 1.12. The van der Waals surface area contributed by atoms with E-state index in [9.17, 15) is 0 Å². The van der Waals surface area contributed by atoms with Crippen molar-refractivity contribution >= 4 is 5.95 Å². The second-order valence-corrected chi connectivity index (χ2v) is 2.68. The molecule has 1 heterocycles. The molecule has 0 saturated heterocycles. The van der Waals surface area contributed by atoms with Gasteiger partial charge in [-0.05, 0) is 12.8 Å². The van der Waals surface area contributed by atoms with E-state index in [1.54, 1.807) is 6.33 Å². The fourth-order valence-electron chi connectivity index (χ4n) is 0.824. The predicted molar refractivity (Wildman–Crippen MR) is 37.6 cm³/mol. The van der Waals surface area contributed by atoms with Gasteiger partial charge in [-0.1, -0.05) is 0 Å². The number of aryl methyl sites for hydroxylation is 1. The highest BCUT2D eigenvalue weighted by atomic mass is 15.3. The van der Waals surface area contributed by atoms with E-state index in [2.05, 4.69) is 15.5 Å². The highest BCUT2D eigenvalue weighted by Crippen LogP contribution is 2.22. The zero-order valence-electron chi connectivity index (χ0n) is 5.91. The summed E-state index contributed by atoms with van der Waals surface area (Å²) in [7, 11) is 1.94. The lowest BCUT2D eigenvalue weighted by atomic mass is 10.7. The van der Waals surface area contributed by atoms with Gasteiger partial charge in [0.15, 0.2) is 0 Å². The van der Waals surface area contributed by atoms with Gasteiger partial charge in [0.1, 0.15) is 6.33 Å². The molecule has 0 amide bonds. The average molecular weight is 138 g/mol. The van der Waals surface area contributed by atoms with E-state index in [1.807, 2.05) is 11.6 Å². The van der Waals surface area contributed by atoms with Gasteiger partial charge in [-0.15, -0.1) is 10.2 Å². The Morgan fingerprint density at radius 2 is 2.50 bits per heavy atom. The topological polar surface area (TPSA) is 42.7 Å². The number of anilines is 1. The monoisotopic (exact) mass is 138 g/mol. The van der Waals surface area contributed by atoms with Crippen LogP contribution in [0.1, 0.15) is 12.8 Å². The molecule has 4 heteroatoms. The van der Waals surface area contributed by atoms with Crippen molar-refractivity contribution in [3.8, 4) is 0 Å². The first-order valence-electron chi connectivity index (χ1n) is 3.47. The normalized spacial score (nSPS) is 17.3. The molecule has 2 rings (SSSR count). The standard InChI is InChI=1S/C6H10N4/c1-10-4-7-9-6(10)8-5-2-3-5/h4-5H,2-3H2,1H3,(H,8,9). The molecular weight excluding hydrogens is 128 g/mol. The van der Waals surface area contributed by atoms with Gasteiger partial charge in [0, 0.05) is 13.1 Å². The molecule has 1 aliphatic rings. The van der Waals surface area contributed by atoms with Crippen molar-refractivity contribution in [2.75, 3.05) is 5.32 Å². The molecule has 0 spiro atoms. The quantitative estimate of drug-likeness (QED) is 0.642. The van der Waals surface area contributed by atoms with Crippen molar-refractivity contribution in [1.82, 2.24) is 14.8 Å². The first-order chi connectivity index (χ1) is 4.86. The molecule has 1 aromatic heterocycles. The van der Waals surface area contributed by atoms with Crippen LogP contribution in [0.2, 0.25) is 0 Å². The van der Waals surface area contributed by atoms with Gasteiger partial charge < -0.3 is 9.88 Å². The molecule has 0 aliphatic heterocycles. The van der Waals surface area contributed by atoms with Gasteiger partial charge in [0.05, 0.1) is 0 Å². The number of nitrogens with zero attached hydrogens (tertiary/aromatic N) is 3. The summed E-state index contributed by atoms with van der Waals surface area (Å²) in [6.07, 6.45) is 4.24. The van der Waals surface area contributed by atoms with Gasteiger partial charge in [0.25, 0.3) is 0 Å². The summed E-state index contributed by atoms with van der Waals surface area (Å²) < 4.78 is 1.89. The number of hydrogen-bond donors (Lipinski definition) is 1. The van der Waals surface area contributed by atoms with E-state index in [0.29, 0.717) is 6.04 Å². The van der Waals surface area contributed by atoms with Crippen molar-refractivity contribution in [2.24, 2.45) is 7.05 Å². The summed E-state index contributed by atoms with van der Waals surface area (Å²) in [4.78, 5) is 0. The molecule has 1 saturated carbocycles. The molecule has 1 N–H and O–H groups in total. The van der Waals surface area contributed by atoms with Crippen LogP contribution < -0.4 is 5.32 Å². The van der Waals surface area contributed by atoms with E-state index in [1.165, 1.54) is 12.8 Å². The second-order valence-electron chi connectivity index (χ2n) is 2.68. The lowest BCUT2D eigenvalue weighted by Crippen LogP contribution is -2.06. The molecular formula is C6H10N4. The Morgan fingerprint density at radius 1 is 1.70 bits per heavy atom. The maximum atomic E-state index is 3.90. The molecule has 4 nitrogen and oxygen atoms in total. The van der Waals surface area contributed by atoms with E-state index in [4.69, 9.17) is 0 Å². The maximum Gasteiger partial charge on any atom is 0.224 e. The lowest BCUT2D eigenvalue weighted by molar-refractivity contribution is 0.897. The van der Waals surface area contributed by atoms with Gasteiger partial charge in [-0.2, -0.15) is 0 Å². The molecule has 0 bridgehead atoms. The third kappa shape index (κ3) is 0.964. The summed E-state index contributed by atoms with van der Waals surface area (Å²) >= 11 is 0. The SMILES string of the molecule is Cn1cnnc1NC1CC1. The predicted octanol–water partition coefficient (Wildman–Crippen LogP) is 0.389. The van der Waals surface area contributed by atoms with Crippen LogP contribution in [-0.2, 0) is 7.05 Å². The van der Waals surface area contributed by atoms with Crippen LogP contribution in [-0.4, -0.2) is 20.8 Å². The van der Waals surface area contributed by atoms with Gasteiger partial charge in [-0.3, -0.25) is 0 Å². The maximum absolute atomic E-state index is 3.90. The molecule has 1 aliphatic carbocycles. The van der Waals surface area contributed by atoms with Crippen LogP contribution in [0, 0.1) is 0 Å². The third-order valence-corrected chi connectivity index (χ3v) is 1.62. The highest BCUT2D eigenvalue weighted by Gasteiger charge is 2.22. The number of hydrogen-bond acceptors (Lipinski definition) is 3. The van der Waals surface area contributed by atoms with Gasteiger partial charge in [-0.25, -0.2) is 0 Å². The van der Waals surface area contributed by atoms with Crippen LogP contribution in [0.25, 0.3) is 0 Å². The van der Waals surface area contributed by atoms with Crippen LogP contribution in [0.5, 0.6) is 0 Å². The van der Waals surface area contributed by atoms with E-state index in [0.717, 1.165) is 5.95 Å². The Labute approximate surface area is 59.3 Å². The highest BCUT2D eigenvalue weighted by molar-refractivity contribution is 5.27. The van der Waals surface area contributed by atoms with Crippen molar-refractivity contribution in [2.45, 2.75) is 18.9 Å².